The van der Waals surface area contributed by atoms with Crippen molar-refractivity contribution < 1.29 is 0 Å². The predicted molar refractivity (Wildman–Crippen MR) is 50.6 cm³/mol. The largest absolute Gasteiger partial charge is 0.381 e. The lowest BCUT2D eigenvalue weighted by Gasteiger charge is -2.04. The second-order valence-corrected chi connectivity index (χ2v) is 3.61. The quantitative estimate of drug-likeness (QED) is 0.712. The SMILES string of the molecule is Cc1cc(NC2CC2)cnc1Cl. The van der Waals surface area contributed by atoms with Gasteiger partial charge in [-0.1, -0.05) is 11.6 Å². The van der Waals surface area contributed by atoms with E-state index in [1.807, 2.05) is 13.0 Å². The Morgan fingerprint density at radius 1 is 1.58 bits per heavy atom. The summed E-state index contributed by atoms with van der Waals surface area (Å²) in [5, 5.41) is 3.96. The first-order valence-corrected chi connectivity index (χ1v) is 4.52. The molecule has 0 saturated heterocycles. The smallest absolute Gasteiger partial charge is 0.132 e. The molecule has 1 aliphatic carbocycles. The molecule has 0 radical (unpaired) electrons. The van der Waals surface area contributed by atoms with Crippen LogP contribution in [-0.4, -0.2) is 11.0 Å². The van der Waals surface area contributed by atoms with Gasteiger partial charge in [0.05, 0.1) is 11.9 Å². The van der Waals surface area contributed by atoms with E-state index < -0.39 is 0 Å². The summed E-state index contributed by atoms with van der Waals surface area (Å²) in [5.41, 5.74) is 2.11. The van der Waals surface area contributed by atoms with E-state index in [1.165, 1.54) is 12.8 Å². The van der Waals surface area contributed by atoms with Gasteiger partial charge in [-0.3, -0.25) is 0 Å². The van der Waals surface area contributed by atoms with Crippen molar-refractivity contribution >= 4 is 17.3 Å². The molecule has 1 aromatic heterocycles. The van der Waals surface area contributed by atoms with Crippen molar-refractivity contribution in [3.05, 3.63) is 23.0 Å². The van der Waals surface area contributed by atoms with Crippen LogP contribution in [0.3, 0.4) is 0 Å². The summed E-state index contributed by atoms with van der Waals surface area (Å²) < 4.78 is 0. The van der Waals surface area contributed by atoms with E-state index in [0.29, 0.717) is 11.2 Å². The van der Waals surface area contributed by atoms with Gasteiger partial charge in [0.1, 0.15) is 5.15 Å². The number of hydrogen-bond donors (Lipinski definition) is 1. The number of aryl methyl sites for hydroxylation is 1. The number of anilines is 1. The highest BCUT2D eigenvalue weighted by atomic mass is 35.5. The molecular weight excluding hydrogens is 172 g/mol. The van der Waals surface area contributed by atoms with Crippen LogP contribution in [0.5, 0.6) is 0 Å². The Kier molecular flexibility index (Phi) is 1.93. The van der Waals surface area contributed by atoms with E-state index in [2.05, 4.69) is 10.3 Å². The Bertz CT molecular complexity index is 295. The van der Waals surface area contributed by atoms with Gasteiger partial charge in [0.15, 0.2) is 0 Å². The molecule has 0 aliphatic heterocycles. The maximum absolute atomic E-state index is 5.79. The van der Waals surface area contributed by atoms with Gasteiger partial charge in [-0.2, -0.15) is 0 Å². The lowest BCUT2D eigenvalue weighted by molar-refractivity contribution is 1.13. The summed E-state index contributed by atoms with van der Waals surface area (Å²) in [6, 6.07) is 2.71. The number of nitrogens with one attached hydrogen (secondary N) is 1. The van der Waals surface area contributed by atoms with Crippen LogP contribution >= 0.6 is 11.6 Å². The molecule has 0 bridgehead atoms. The van der Waals surface area contributed by atoms with Crippen LogP contribution in [0.1, 0.15) is 18.4 Å². The van der Waals surface area contributed by atoms with Crippen LogP contribution in [0.4, 0.5) is 5.69 Å². The van der Waals surface area contributed by atoms with Crippen molar-refractivity contribution in [1.82, 2.24) is 4.98 Å². The molecule has 12 heavy (non-hydrogen) atoms. The molecule has 0 atom stereocenters. The fraction of sp³-hybridized carbons (Fsp3) is 0.444. The predicted octanol–water partition coefficient (Wildman–Crippen LogP) is 2.62. The van der Waals surface area contributed by atoms with Gasteiger partial charge in [0.2, 0.25) is 0 Å². The normalized spacial score (nSPS) is 16.2. The first kappa shape index (κ1) is 7.87. The zero-order chi connectivity index (χ0) is 8.55. The Labute approximate surface area is 77.0 Å². The molecule has 1 aliphatic rings. The van der Waals surface area contributed by atoms with E-state index in [9.17, 15) is 0 Å². The van der Waals surface area contributed by atoms with Crippen molar-refractivity contribution in [2.75, 3.05) is 5.32 Å². The highest BCUT2D eigenvalue weighted by Crippen LogP contribution is 2.25. The third-order valence-corrected chi connectivity index (χ3v) is 2.36. The molecule has 2 rings (SSSR count). The fourth-order valence-corrected chi connectivity index (χ4v) is 1.20. The molecule has 0 spiro atoms. The Morgan fingerprint density at radius 2 is 2.33 bits per heavy atom. The van der Waals surface area contributed by atoms with Gasteiger partial charge in [-0.15, -0.1) is 0 Å². The zero-order valence-electron chi connectivity index (χ0n) is 6.97. The van der Waals surface area contributed by atoms with Crippen molar-refractivity contribution in [3.8, 4) is 0 Å². The van der Waals surface area contributed by atoms with Crippen LogP contribution in [0.2, 0.25) is 5.15 Å². The summed E-state index contributed by atoms with van der Waals surface area (Å²) >= 11 is 5.79. The monoisotopic (exact) mass is 182 g/mol. The molecule has 1 saturated carbocycles. The molecule has 2 nitrogen and oxygen atoms in total. The Morgan fingerprint density at radius 3 is 2.92 bits per heavy atom. The van der Waals surface area contributed by atoms with E-state index >= 15 is 0 Å². The number of pyridine rings is 1. The molecule has 1 aromatic rings. The number of nitrogens with zero attached hydrogens (tertiary/aromatic N) is 1. The Hall–Kier alpha value is -0.760. The summed E-state index contributed by atoms with van der Waals surface area (Å²) in [7, 11) is 0. The van der Waals surface area contributed by atoms with E-state index in [4.69, 9.17) is 11.6 Å². The summed E-state index contributed by atoms with van der Waals surface area (Å²) in [5.74, 6) is 0. The first-order chi connectivity index (χ1) is 5.75. The second kappa shape index (κ2) is 2.94. The second-order valence-electron chi connectivity index (χ2n) is 3.25. The minimum Gasteiger partial charge on any atom is -0.381 e. The van der Waals surface area contributed by atoms with Crippen molar-refractivity contribution in [1.29, 1.82) is 0 Å². The van der Waals surface area contributed by atoms with Crippen LogP contribution < -0.4 is 5.32 Å². The third-order valence-electron chi connectivity index (χ3n) is 1.96. The van der Waals surface area contributed by atoms with Gasteiger partial charge >= 0.3 is 0 Å². The molecule has 0 aromatic carbocycles. The van der Waals surface area contributed by atoms with E-state index in [0.717, 1.165) is 11.3 Å². The standard InChI is InChI=1S/C9H11ClN2/c1-6-4-8(5-11-9(6)10)12-7-2-3-7/h4-5,7,12H,2-3H2,1H3. The number of aromatic nitrogens is 1. The minimum atomic E-state index is 0.594. The maximum atomic E-state index is 5.79. The van der Waals surface area contributed by atoms with E-state index in [-0.39, 0.29) is 0 Å². The Balaban J connectivity index is 2.15. The molecule has 1 fully saturated rings. The van der Waals surface area contributed by atoms with Gasteiger partial charge in [0, 0.05) is 6.04 Å². The van der Waals surface area contributed by atoms with Crippen LogP contribution in [-0.2, 0) is 0 Å². The van der Waals surface area contributed by atoms with Crippen LogP contribution in [0.25, 0.3) is 0 Å². The number of hydrogen-bond acceptors (Lipinski definition) is 2. The molecular formula is C9H11ClN2. The zero-order valence-corrected chi connectivity index (χ0v) is 7.73. The average Bonchev–Trinajstić information content (AvgIpc) is 2.81. The molecule has 64 valence electrons. The van der Waals surface area contributed by atoms with Gasteiger partial charge in [-0.05, 0) is 31.4 Å². The summed E-state index contributed by atoms with van der Waals surface area (Å²) in [6.45, 7) is 1.97. The minimum absolute atomic E-state index is 0.594. The molecule has 1 N–H and O–H groups in total. The highest BCUT2D eigenvalue weighted by molar-refractivity contribution is 6.30. The maximum Gasteiger partial charge on any atom is 0.132 e. The fourth-order valence-electron chi connectivity index (χ4n) is 1.10. The summed E-state index contributed by atoms with van der Waals surface area (Å²) in [4.78, 5) is 4.06. The van der Waals surface area contributed by atoms with Crippen molar-refractivity contribution in [2.24, 2.45) is 0 Å². The average molecular weight is 183 g/mol. The lowest BCUT2D eigenvalue weighted by atomic mass is 10.3. The van der Waals surface area contributed by atoms with Crippen molar-refractivity contribution in [2.45, 2.75) is 25.8 Å². The first-order valence-electron chi connectivity index (χ1n) is 4.14. The van der Waals surface area contributed by atoms with Gasteiger partial charge in [-0.25, -0.2) is 4.98 Å². The number of rotatable bonds is 2. The van der Waals surface area contributed by atoms with Gasteiger partial charge < -0.3 is 5.32 Å². The molecule has 3 heteroatoms. The van der Waals surface area contributed by atoms with Crippen molar-refractivity contribution in [3.63, 3.8) is 0 Å². The van der Waals surface area contributed by atoms with Crippen LogP contribution in [0.15, 0.2) is 12.3 Å². The van der Waals surface area contributed by atoms with Crippen LogP contribution in [0, 0.1) is 6.92 Å². The highest BCUT2D eigenvalue weighted by Gasteiger charge is 2.20. The molecule has 0 amide bonds. The van der Waals surface area contributed by atoms with E-state index in [1.54, 1.807) is 6.20 Å². The molecule has 0 unspecified atom stereocenters. The number of halogens is 1. The third kappa shape index (κ3) is 1.69. The topological polar surface area (TPSA) is 24.9 Å². The lowest BCUT2D eigenvalue weighted by Crippen LogP contribution is -2.01. The van der Waals surface area contributed by atoms with Gasteiger partial charge in [0.25, 0.3) is 0 Å². The summed E-state index contributed by atoms with van der Waals surface area (Å²) in [6.07, 6.45) is 4.34. The molecule has 1 heterocycles.